The van der Waals surface area contributed by atoms with Crippen molar-refractivity contribution < 1.29 is 28.6 Å². The largest absolute Gasteiger partial charge is 0.496 e. The van der Waals surface area contributed by atoms with Gasteiger partial charge in [0.2, 0.25) is 0 Å². The van der Waals surface area contributed by atoms with Crippen LogP contribution in [0, 0.1) is 13.8 Å². The SMILES string of the molecule is COc1cc(C(=O)N(CCCc2ccc(C)o2)CCSCC(=O)O)cc(OC)c1C. The summed E-state index contributed by atoms with van der Waals surface area (Å²) in [5.74, 6) is 2.48. The average Bonchev–Trinajstić information content (AvgIpc) is 3.14. The Labute approximate surface area is 181 Å². The monoisotopic (exact) mass is 435 g/mol. The van der Waals surface area contributed by atoms with Crippen LogP contribution in [0.25, 0.3) is 0 Å². The Kier molecular flexibility index (Phi) is 9.11. The highest BCUT2D eigenvalue weighted by atomic mass is 32.2. The Morgan fingerprint density at radius 3 is 2.30 bits per heavy atom. The lowest BCUT2D eigenvalue weighted by Crippen LogP contribution is -2.34. The first-order chi connectivity index (χ1) is 14.3. The molecule has 0 unspecified atom stereocenters. The summed E-state index contributed by atoms with van der Waals surface area (Å²) < 4.78 is 16.4. The molecule has 0 atom stereocenters. The van der Waals surface area contributed by atoms with Crippen LogP contribution in [0.5, 0.6) is 11.5 Å². The van der Waals surface area contributed by atoms with Crippen LogP contribution < -0.4 is 9.47 Å². The van der Waals surface area contributed by atoms with E-state index in [0.29, 0.717) is 35.9 Å². The molecule has 0 saturated heterocycles. The highest BCUT2D eigenvalue weighted by molar-refractivity contribution is 7.99. The zero-order valence-corrected chi connectivity index (χ0v) is 18.7. The maximum Gasteiger partial charge on any atom is 0.313 e. The maximum atomic E-state index is 13.2. The van der Waals surface area contributed by atoms with Crippen LogP contribution >= 0.6 is 11.8 Å². The van der Waals surface area contributed by atoms with E-state index in [2.05, 4.69) is 0 Å². The number of hydrogen-bond acceptors (Lipinski definition) is 6. The van der Waals surface area contributed by atoms with Crippen LogP contribution in [0.1, 0.15) is 33.9 Å². The molecule has 0 radical (unpaired) electrons. The minimum absolute atomic E-state index is 0.0138. The number of carboxylic acids is 1. The van der Waals surface area contributed by atoms with E-state index in [4.69, 9.17) is 19.0 Å². The van der Waals surface area contributed by atoms with Gasteiger partial charge in [-0.1, -0.05) is 0 Å². The Bertz CT molecular complexity index is 838. The Morgan fingerprint density at radius 1 is 1.10 bits per heavy atom. The van der Waals surface area contributed by atoms with Gasteiger partial charge in [-0.2, -0.15) is 0 Å². The highest BCUT2D eigenvalue weighted by Crippen LogP contribution is 2.30. The van der Waals surface area contributed by atoms with Gasteiger partial charge in [0.1, 0.15) is 23.0 Å². The lowest BCUT2D eigenvalue weighted by molar-refractivity contribution is -0.133. The number of amides is 1. The summed E-state index contributed by atoms with van der Waals surface area (Å²) in [6.45, 7) is 4.76. The molecule has 30 heavy (non-hydrogen) atoms. The number of rotatable bonds is 12. The van der Waals surface area contributed by atoms with Crippen LogP contribution in [0.15, 0.2) is 28.7 Å². The van der Waals surface area contributed by atoms with Crippen molar-refractivity contribution in [3.8, 4) is 11.5 Å². The fraction of sp³-hybridized carbons (Fsp3) is 0.455. The summed E-state index contributed by atoms with van der Waals surface area (Å²) in [7, 11) is 3.11. The molecule has 1 heterocycles. The Balaban J connectivity index is 2.12. The third-order valence-electron chi connectivity index (χ3n) is 4.66. The topological polar surface area (TPSA) is 89.2 Å². The fourth-order valence-corrected chi connectivity index (χ4v) is 3.77. The van der Waals surface area contributed by atoms with E-state index in [1.54, 1.807) is 31.3 Å². The molecule has 7 nitrogen and oxygen atoms in total. The first kappa shape index (κ1) is 23.7. The summed E-state index contributed by atoms with van der Waals surface area (Å²) in [4.78, 5) is 25.7. The van der Waals surface area contributed by atoms with Crippen molar-refractivity contribution in [1.82, 2.24) is 4.90 Å². The van der Waals surface area contributed by atoms with Crippen LogP contribution in [-0.4, -0.2) is 60.7 Å². The van der Waals surface area contributed by atoms with Crippen molar-refractivity contribution in [2.24, 2.45) is 0 Å². The zero-order chi connectivity index (χ0) is 22.1. The number of carbonyl (C=O) groups excluding carboxylic acids is 1. The second-order valence-corrected chi connectivity index (χ2v) is 7.97. The lowest BCUT2D eigenvalue weighted by atomic mass is 10.1. The molecule has 0 spiro atoms. The van der Waals surface area contributed by atoms with Gasteiger partial charge in [-0.05, 0) is 44.5 Å². The number of carboxylic acid groups (broad SMARTS) is 1. The molecule has 1 amide bonds. The minimum Gasteiger partial charge on any atom is -0.496 e. The first-order valence-corrected chi connectivity index (χ1v) is 10.9. The Hall–Kier alpha value is -2.61. The number of benzene rings is 1. The third-order valence-corrected chi connectivity index (χ3v) is 5.59. The van der Waals surface area contributed by atoms with Crippen molar-refractivity contribution in [2.75, 3.05) is 38.8 Å². The van der Waals surface area contributed by atoms with E-state index in [0.717, 1.165) is 29.9 Å². The Morgan fingerprint density at radius 2 is 1.77 bits per heavy atom. The average molecular weight is 436 g/mol. The van der Waals surface area contributed by atoms with E-state index in [-0.39, 0.29) is 11.7 Å². The number of hydrogen-bond donors (Lipinski definition) is 1. The van der Waals surface area contributed by atoms with E-state index in [9.17, 15) is 9.59 Å². The second kappa shape index (κ2) is 11.5. The van der Waals surface area contributed by atoms with Crippen LogP contribution in [0.3, 0.4) is 0 Å². The van der Waals surface area contributed by atoms with Gasteiger partial charge in [0.25, 0.3) is 5.91 Å². The van der Waals surface area contributed by atoms with Gasteiger partial charge in [-0.25, -0.2) is 0 Å². The van der Waals surface area contributed by atoms with E-state index < -0.39 is 5.97 Å². The molecule has 0 aliphatic heterocycles. The quantitative estimate of drug-likeness (QED) is 0.507. The number of aliphatic carboxylic acids is 1. The molecule has 0 saturated carbocycles. The number of aryl methyl sites for hydroxylation is 2. The number of methoxy groups -OCH3 is 2. The van der Waals surface area contributed by atoms with Gasteiger partial charge < -0.3 is 23.9 Å². The minimum atomic E-state index is -0.862. The number of furan rings is 1. The van der Waals surface area contributed by atoms with Gasteiger partial charge in [0.15, 0.2) is 0 Å². The van der Waals surface area contributed by atoms with Crippen LogP contribution in [-0.2, 0) is 11.2 Å². The van der Waals surface area contributed by atoms with Gasteiger partial charge in [0, 0.05) is 36.4 Å². The van der Waals surface area contributed by atoms with Crippen LogP contribution in [0.2, 0.25) is 0 Å². The number of carbonyl (C=O) groups is 2. The second-order valence-electron chi connectivity index (χ2n) is 6.86. The first-order valence-electron chi connectivity index (χ1n) is 9.72. The van der Waals surface area contributed by atoms with Crippen molar-refractivity contribution in [2.45, 2.75) is 26.7 Å². The lowest BCUT2D eigenvalue weighted by Gasteiger charge is -2.23. The molecule has 2 rings (SSSR count). The predicted molar refractivity (Wildman–Crippen MR) is 117 cm³/mol. The van der Waals surface area contributed by atoms with Gasteiger partial charge >= 0.3 is 5.97 Å². The van der Waals surface area contributed by atoms with Crippen molar-refractivity contribution >= 4 is 23.6 Å². The molecule has 0 aliphatic carbocycles. The number of ether oxygens (including phenoxy) is 2. The fourth-order valence-electron chi connectivity index (χ4n) is 3.10. The molecule has 8 heteroatoms. The molecule has 1 aromatic carbocycles. The summed E-state index contributed by atoms with van der Waals surface area (Å²) >= 11 is 1.29. The maximum absolute atomic E-state index is 13.2. The molecule has 0 fully saturated rings. The highest BCUT2D eigenvalue weighted by Gasteiger charge is 2.19. The van der Waals surface area contributed by atoms with Crippen LogP contribution in [0.4, 0.5) is 0 Å². The number of nitrogens with zero attached hydrogens (tertiary/aromatic N) is 1. The molecule has 0 bridgehead atoms. The molecular weight excluding hydrogens is 406 g/mol. The number of thioether (sulfide) groups is 1. The molecule has 1 aromatic heterocycles. The smallest absolute Gasteiger partial charge is 0.313 e. The molecule has 2 aromatic rings. The molecular formula is C22H29NO6S. The van der Waals surface area contributed by atoms with Gasteiger partial charge in [-0.15, -0.1) is 11.8 Å². The summed E-state index contributed by atoms with van der Waals surface area (Å²) in [5.41, 5.74) is 1.31. The standard InChI is InChI=1S/C22H29NO6S/c1-15-7-8-18(29-15)6-5-9-23(10-11-30-14-21(24)25)22(26)17-12-19(27-3)16(2)20(13-17)28-4/h7-8,12-13H,5-6,9-11,14H2,1-4H3,(H,24,25). The van der Waals surface area contributed by atoms with Gasteiger partial charge in [0.05, 0.1) is 20.0 Å². The van der Waals surface area contributed by atoms with E-state index in [1.165, 1.54) is 11.8 Å². The van der Waals surface area contributed by atoms with Crippen molar-refractivity contribution in [3.63, 3.8) is 0 Å². The van der Waals surface area contributed by atoms with Crippen molar-refractivity contribution in [3.05, 3.63) is 46.9 Å². The van der Waals surface area contributed by atoms with Crippen molar-refractivity contribution in [1.29, 1.82) is 0 Å². The molecule has 1 N–H and O–H groups in total. The third kappa shape index (κ3) is 6.73. The summed E-state index contributed by atoms with van der Waals surface area (Å²) in [5, 5.41) is 8.84. The normalized spacial score (nSPS) is 10.7. The molecule has 164 valence electrons. The zero-order valence-electron chi connectivity index (χ0n) is 17.9. The summed E-state index contributed by atoms with van der Waals surface area (Å²) in [6.07, 6.45) is 1.46. The molecule has 0 aliphatic rings. The van der Waals surface area contributed by atoms with Gasteiger partial charge in [-0.3, -0.25) is 9.59 Å². The predicted octanol–water partition coefficient (Wildman–Crippen LogP) is 3.81. The van der Waals surface area contributed by atoms with E-state index in [1.807, 2.05) is 26.0 Å². The summed E-state index contributed by atoms with van der Waals surface area (Å²) in [6, 6.07) is 7.30. The van der Waals surface area contributed by atoms with E-state index >= 15 is 0 Å².